The molecule has 1 amide bonds. The Kier molecular flexibility index (Phi) is 3.58. The van der Waals surface area contributed by atoms with Crippen LogP contribution in [0.25, 0.3) is 0 Å². The van der Waals surface area contributed by atoms with Crippen LogP contribution in [0.4, 0.5) is 5.69 Å². The summed E-state index contributed by atoms with van der Waals surface area (Å²) in [5.41, 5.74) is 2.08. The first-order chi connectivity index (χ1) is 8.60. The molecule has 0 bridgehead atoms. The number of halogens is 1. The van der Waals surface area contributed by atoms with Crippen LogP contribution in [0.5, 0.6) is 5.75 Å². The second kappa shape index (κ2) is 5.14. The van der Waals surface area contributed by atoms with E-state index in [1.54, 1.807) is 19.4 Å². The highest BCUT2D eigenvalue weighted by Crippen LogP contribution is 2.25. The number of hydrogen-bond acceptors (Lipinski definition) is 2. The zero-order valence-electron chi connectivity index (χ0n) is 10.1. The highest BCUT2D eigenvalue weighted by Gasteiger charge is 2.11. The predicted octanol–water partition coefficient (Wildman–Crippen LogP) is 3.24. The third-order valence-electron chi connectivity index (χ3n) is 2.50. The molecule has 0 saturated carbocycles. The van der Waals surface area contributed by atoms with Crippen LogP contribution < -0.4 is 10.1 Å². The van der Waals surface area contributed by atoms with Crippen molar-refractivity contribution in [1.29, 1.82) is 0 Å². The van der Waals surface area contributed by atoms with Crippen LogP contribution in [0.15, 0.2) is 30.5 Å². The van der Waals surface area contributed by atoms with Crippen molar-refractivity contribution >= 4 is 23.2 Å². The topological polar surface area (TPSA) is 54.1 Å². The third-order valence-corrected chi connectivity index (χ3v) is 2.71. The Morgan fingerprint density at radius 1 is 1.39 bits per heavy atom. The van der Waals surface area contributed by atoms with Gasteiger partial charge in [0.1, 0.15) is 11.4 Å². The maximum Gasteiger partial charge on any atom is 0.272 e. The summed E-state index contributed by atoms with van der Waals surface area (Å²) in [6.45, 7) is 1.95. The molecule has 0 aliphatic heterocycles. The molecule has 0 spiro atoms. The summed E-state index contributed by atoms with van der Waals surface area (Å²) in [5.74, 6) is 0.359. The van der Waals surface area contributed by atoms with E-state index in [1.165, 1.54) is 0 Å². The fourth-order valence-electron chi connectivity index (χ4n) is 1.61. The molecule has 0 unspecified atom stereocenters. The van der Waals surface area contributed by atoms with Gasteiger partial charge >= 0.3 is 0 Å². The molecule has 18 heavy (non-hydrogen) atoms. The van der Waals surface area contributed by atoms with Gasteiger partial charge in [0.05, 0.1) is 17.8 Å². The number of rotatable bonds is 3. The molecule has 1 heterocycles. The van der Waals surface area contributed by atoms with Crippen LogP contribution >= 0.6 is 11.6 Å². The number of benzene rings is 1. The SMILES string of the molecule is COc1ccc(C)cc1NC(=O)c1cc(Cl)c[nH]1. The van der Waals surface area contributed by atoms with Crippen molar-refractivity contribution in [3.8, 4) is 5.75 Å². The number of hydrogen-bond donors (Lipinski definition) is 2. The first kappa shape index (κ1) is 12.5. The molecule has 0 radical (unpaired) electrons. The lowest BCUT2D eigenvalue weighted by atomic mass is 10.2. The Morgan fingerprint density at radius 2 is 2.17 bits per heavy atom. The average Bonchev–Trinajstić information content (AvgIpc) is 2.76. The molecule has 0 fully saturated rings. The zero-order chi connectivity index (χ0) is 13.1. The van der Waals surface area contributed by atoms with Gasteiger partial charge in [-0.05, 0) is 30.7 Å². The predicted molar refractivity (Wildman–Crippen MR) is 71.5 cm³/mol. The van der Waals surface area contributed by atoms with Crippen LogP contribution in [-0.4, -0.2) is 18.0 Å². The van der Waals surface area contributed by atoms with Crippen molar-refractivity contribution in [1.82, 2.24) is 4.98 Å². The van der Waals surface area contributed by atoms with Crippen molar-refractivity contribution in [3.63, 3.8) is 0 Å². The number of carbonyl (C=O) groups excluding carboxylic acids is 1. The maximum absolute atomic E-state index is 12.0. The highest BCUT2D eigenvalue weighted by atomic mass is 35.5. The van der Waals surface area contributed by atoms with Gasteiger partial charge in [-0.15, -0.1) is 0 Å². The Morgan fingerprint density at radius 3 is 2.78 bits per heavy atom. The molecule has 0 aliphatic carbocycles. The fraction of sp³-hybridized carbons (Fsp3) is 0.154. The van der Waals surface area contributed by atoms with Gasteiger partial charge in [0.15, 0.2) is 0 Å². The van der Waals surface area contributed by atoms with E-state index >= 15 is 0 Å². The molecule has 0 aliphatic rings. The van der Waals surface area contributed by atoms with Gasteiger partial charge in [-0.3, -0.25) is 4.79 Å². The minimum atomic E-state index is -0.259. The number of nitrogens with one attached hydrogen (secondary N) is 2. The van der Waals surface area contributed by atoms with E-state index in [-0.39, 0.29) is 5.91 Å². The number of H-pyrrole nitrogens is 1. The van der Waals surface area contributed by atoms with E-state index in [9.17, 15) is 4.79 Å². The number of carbonyl (C=O) groups is 1. The largest absolute Gasteiger partial charge is 0.495 e. The summed E-state index contributed by atoms with van der Waals surface area (Å²) in [5, 5.41) is 3.27. The lowest BCUT2D eigenvalue weighted by Crippen LogP contribution is -2.13. The minimum Gasteiger partial charge on any atom is -0.495 e. The molecule has 4 nitrogen and oxygen atoms in total. The Hall–Kier alpha value is -1.94. The lowest BCUT2D eigenvalue weighted by molar-refractivity contribution is 0.102. The smallest absolute Gasteiger partial charge is 0.272 e. The Balaban J connectivity index is 2.23. The molecule has 2 N–H and O–H groups in total. The molecule has 5 heteroatoms. The second-order valence-electron chi connectivity index (χ2n) is 3.89. The summed E-state index contributed by atoms with van der Waals surface area (Å²) in [6.07, 6.45) is 1.56. The highest BCUT2D eigenvalue weighted by molar-refractivity contribution is 6.31. The lowest BCUT2D eigenvalue weighted by Gasteiger charge is -2.10. The van der Waals surface area contributed by atoms with Gasteiger partial charge < -0.3 is 15.0 Å². The number of anilines is 1. The van der Waals surface area contributed by atoms with E-state index in [0.717, 1.165) is 5.56 Å². The number of aryl methyl sites for hydroxylation is 1. The van der Waals surface area contributed by atoms with Gasteiger partial charge in [-0.1, -0.05) is 17.7 Å². The molecule has 2 aromatic rings. The van der Waals surface area contributed by atoms with E-state index < -0.39 is 0 Å². The van der Waals surface area contributed by atoms with Crippen molar-refractivity contribution < 1.29 is 9.53 Å². The van der Waals surface area contributed by atoms with E-state index in [1.807, 2.05) is 25.1 Å². The Labute approximate surface area is 110 Å². The van der Waals surface area contributed by atoms with Gasteiger partial charge in [-0.2, -0.15) is 0 Å². The van der Waals surface area contributed by atoms with Crippen LogP contribution in [0.3, 0.4) is 0 Å². The number of methoxy groups -OCH3 is 1. The van der Waals surface area contributed by atoms with Crippen molar-refractivity contribution in [2.75, 3.05) is 12.4 Å². The zero-order valence-corrected chi connectivity index (χ0v) is 10.8. The summed E-state index contributed by atoms with van der Waals surface area (Å²) in [7, 11) is 1.56. The average molecular weight is 265 g/mol. The molecular formula is C13H13ClN2O2. The standard InChI is InChI=1S/C13H13ClN2O2/c1-8-3-4-12(18-2)10(5-8)16-13(17)11-6-9(14)7-15-11/h3-7,15H,1-2H3,(H,16,17). The quantitative estimate of drug-likeness (QED) is 0.894. The van der Waals surface area contributed by atoms with Gasteiger partial charge in [0, 0.05) is 6.20 Å². The van der Waals surface area contributed by atoms with Crippen molar-refractivity contribution in [2.45, 2.75) is 6.92 Å². The Bertz CT molecular complexity index is 578. The fourth-order valence-corrected chi connectivity index (χ4v) is 1.77. The molecule has 2 rings (SSSR count). The van der Waals surface area contributed by atoms with Crippen LogP contribution in [0.1, 0.15) is 16.1 Å². The summed E-state index contributed by atoms with van der Waals surface area (Å²) in [4.78, 5) is 14.7. The number of amides is 1. The molecule has 0 atom stereocenters. The van der Waals surface area contributed by atoms with Gasteiger partial charge in [0.2, 0.25) is 0 Å². The molecule has 94 valence electrons. The van der Waals surface area contributed by atoms with Gasteiger partial charge in [-0.25, -0.2) is 0 Å². The van der Waals surface area contributed by atoms with Crippen LogP contribution in [0, 0.1) is 6.92 Å². The monoisotopic (exact) mass is 264 g/mol. The second-order valence-corrected chi connectivity index (χ2v) is 4.33. The van der Waals surface area contributed by atoms with Crippen LogP contribution in [0.2, 0.25) is 5.02 Å². The van der Waals surface area contributed by atoms with E-state index in [2.05, 4.69) is 10.3 Å². The summed E-state index contributed by atoms with van der Waals surface area (Å²) in [6, 6.07) is 7.15. The first-order valence-electron chi connectivity index (χ1n) is 5.40. The molecule has 0 saturated heterocycles. The van der Waals surface area contributed by atoms with Crippen molar-refractivity contribution in [2.24, 2.45) is 0 Å². The molecule has 1 aromatic heterocycles. The van der Waals surface area contributed by atoms with Gasteiger partial charge in [0.25, 0.3) is 5.91 Å². The minimum absolute atomic E-state index is 0.259. The number of ether oxygens (including phenoxy) is 1. The molecule has 1 aromatic carbocycles. The first-order valence-corrected chi connectivity index (χ1v) is 5.78. The number of aromatic amines is 1. The van der Waals surface area contributed by atoms with E-state index in [0.29, 0.717) is 22.2 Å². The number of aromatic nitrogens is 1. The normalized spacial score (nSPS) is 10.2. The third kappa shape index (κ3) is 2.65. The summed E-state index contributed by atoms with van der Waals surface area (Å²) < 4.78 is 5.19. The summed E-state index contributed by atoms with van der Waals surface area (Å²) >= 11 is 5.76. The molecular weight excluding hydrogens is 252 g/mol. The van der Waals surface area contributed by atoms with Crippen LogP contribution in [-0.2, 0) is 0 Å². The maximum atomic E-state index is 12.0. The van der Waals surface area contributed by atoms with E-state index in [4.69, 9.17) is 16.3 Å². The van der Waals surface area contributed by atoms with Crippen molar-refractivity contribution in [3.05, 3.63) is 46.7 Å².